The number of allylic oxidation sites excluding steroid dienone is 2. The van der Waals surface area contributed by atoms with Crippen LogP contribution < -0.4 is 0 Å². The molecule has 0 spiro atoms. The van der Waals surface area contributed by atoms with Gasteiger partial charge in [0, 0.05) is 5.92 Å². The van der Waals surface area contributed by atoms with Crippen LogP contribution in [0.25, 0.3) is 0 Å². The van der Waals surface area contributed by atoms with Crippen LogP contribution in [0.5, 0.6) is 0 Å². The van der Waals surface area contributed by atoms with Crippen molar-refractivity contribution in [3.05, 3.63) is 12.2 Å². The first kappa shape index (κ1) is 17.7. The van der Waals surface area contributed by atoms with Gasteiger partial charge in [0.15, 0.2) is 5.79 Å². The molecule has 1 saturated heterocycles. The number of fused-ring (bicyclic) bond motifs is 5. The Morgan fingerprint density at radius 2 is 1.73 bits per heavy atom. The summed E-state index contributed by atoms with van der Waals surface area (Å²) < 4.78 is 12.2. The largest absolute Gasteiger partial charge is 0.393 e. The van der Waals surface area contributed by atoms with Crippen molar-refractivity contribution in [2.75, 3.05) is 13.2 Å². The van der Waals surface area contributed by atoms with Crippen molar-refractivity contribution in [3.8, 4) is 0 Å². The van der Waals surface area contributed by atoms with E-state index in [1.807, 2.05) is 0 Å². The highest BCUT2D eigenvalue weighted by Crippen LogP contribution is 2.66. The number of ether oxygens (including phenoxy) is 2. The van der Waals surface area contributed by atoms with Crippen LogP contribution in [0.4, 0.5) is 0 Å². The first-order valence-electron chi connectivity index (χ1n) is 11.0. The molecule has 0 bridgehead atoms. The Bertz CT molecular complexity index is 594. The van der Waals surface area contributed by atoms with E-state index in [2.05, 4.69) is 32.9 Å². The van der Waals surface area contributed by atoms with Crippen LogP contribution in [0.3, 0.4) is 0 Å². The van der Waals surface area contributed by atoms with Crippen molar-refractivity contribution < 1.29 is 14.6 Å². The van der Waals surface area contributed by atoms with E-state index in [-0.39, 0.29) is 11.5 Å². The van der Waals surface area contributed by atoms with Crippen molar-refractivity contribution >= 4 is 0 Å². The third-order valence-electron chi connectivity index (χ3n) is 9.57. The van der Waals surface area contributed by atoms with Gasteiger partial charge in [-0.1, -0.05) is 26.0 Å². The summed E-state index contributed by atoms with van der Waals surface area (Å²) >= 11 is 0. The van der Waals surface area contributed by atoms with Gasteiger partial charge in [0.2, 0.25) is 0 Å². The van der Waals surface area contributed by atoms with Gasteiger partial charge in [-0.05, 0) is 86.4 Å². The molecule has 0 aromatic heterocycles. The Morgan fingerprint density at radius 3 is 2.50 bits per heavy atom. The van der Waals surface area contributed by atoms with Crippen LogP contribution in [0.15, 0.2) is 12.2 Å². The Morgan fingerprint density at radius 1 is 0.962 bits per heavy atom. The van der Waals surface area contributed by atoms with Gasteiger partial charge in [0.1, 0.15) is 0 Å². The molecule has 3 saturated carbocycles. The van der Waals surface area contributed by atoms with Crippen molar-refractivity contribution in [1.82, 2.24) is 0 Å². The SMILES string of the molecule is CC1([C@H]2CC[C@H]3[C@@H]4CC[C@@H]5C[C@H](O)CC[C@]5(C)[C@H]4C=C[C@]23C)OCCO1. The predicted octanol–water partition coefficient (Wildman–Crippen LogP) is 4.55. The summed E-state index contributed by atoms with van der Waals surface area (Å²) in [4.78, 5) is 0. The second-order valence-corrected chi connectivity index (χ2v) is 10.6. The normalized spacial score (nSPS) is 55.2. The van der Waals surface area contributed by atoms with Gasteiger partial charge in [-0.15, -0.1) is 0 Å². The van der Waals surface area contributed by atoms with E-state index in [0.717, 1.165) is 37.9 Å². The van der Waals surface area contributed by atoms with E-state index in [1.165, 1.54) is 32.1 Å². The molecule has 3 heteroatoms. The van der Waals surface area contributed by atoms with E-state index in [9.17, 15) is 5.11 Å². The van der Waals surface area contributed by atoms with E-state index in [4.69, 9.17) is 9.47 Å². The van der Waals surface area contributed by atoms with E-state index in [1.54, 1.807) is 0 Å². The van der Waals surface area contributed by atoms with E-state index in [0.29, 0.717) is 23.2 Å². The van der Waals surface area contributed by atoms with Crippen molar-refractivity contribution in [1.29, 1.82) is 0 Å². The number of hydrogen-bond donors (Lipinski definition) is 1. The molecule has 4 fully saturated rings. The quantitative estimate of drug-likeness (QED) is 0.698. The molecule has 3 nitrogen and oxygen atoms in total. The molecule has 5 aliphatic rings. The molecule has 5 rings (SSSR count). The lowest BCUT2D eigenvalue weighted by Gasteiger charge is -2.59. The van der Waals surface area contributed by atoms with Crippen LogP contribution in [0.1, 0.15) is 65.7 Å². The number of aliphatic hydroxyl groups is 1. The zero-order chi connectivity index (χ0) is 18.2. The maximum atomic E-state index is 10.2. The minimum Gasteiger partial charge on any atom is -0.393 e. The average molecular weight is 361 g/mol. The predicted molar refractivity (Wildman–Crippen MR) is 101 cm³/mol. The maximum Gasteiger partial charge on any atom is 0.169 e. The van der Waals surface area contributed by atoms with Crippen LogP contribution >= 0.6 is 0 Å². The average Bonchev–Trinajstić information content (AvgIpc) is 3.19. The Balaban J connectivity index is 1.47. The van der Waals surface area contributed by atoms with Crippen molar-refractivity contribution in [2.45, 2.75) is 77.6 Å². The molecule has 146 valence electrons. The summed E-state index contributed by atoms with van der Waals surface area (Å²) in [6, 6.07) is 0. The van der Waals surface area contributed by atoms with Gasteiger partial charge in [-0.25, -0.2) is 0 Å². The lowest BCUT2D eigenvalue weighted by atomic mass is 9.46. The van der Waals surface area contributed by atoms with Crippen molar-refractivity contribution in [3.63, 3.8) is 0 Å². The highest BCUT2D eigenvalue weighted by atomic mass is 16.7. The summed E-state index contributed by atoms with van der Waals surface area (Å²) in [5.74, 6) is 3.05. The fourth-order valence-corrected chi connectivity index (χ4v) is 8.17. The molecule has 0 radical (unpaired) electrons. The zero-order valence-corrected chi connectivity index (χ0v) is 16.7. The molecule has 8 atom stereocenters. The summed E-state index contributed by atoms with van der Waals surface area (Å²) in [7, 11) is 0. The Hall–Kier alpha value is -0.380. The van der Waals surface area contributed by atoms with Crippen LogP contribution in [-0.4, -0.2) is 30.2 Å². The summed E-state index contributed by atoms with van der Waals surface area (Å²) in [5, 5.41) is 10.2. The lowest BCUT2D eigenvalue weighted by molar-refractivity contribution is -0.203. The zero-order valence-electron chi connectivity index (χ0n) is 16.7. The number of aliphatic hydroxyl groups excluding tert-OH is 1. The minimum absolute atomic E-state index is 0.0602. The van der Waals surface area contributed by atoms with Gasteiger partial charge < -0.3 is 14.6 Å². The molecule has 0 aromatic rings. The third kappa shape index (κ3) is 2.29. The van der Waals surface area contributed by atoms with Crippen molar-refractivity contribution in [2.24, 2.45) is 40.4 Å². The van der Waals surface area contributed by atoms with Gasteiger partial charge in [0.25, 0.3) is 0 Å². The molecular formula is C23H36O3. The van der Waals surface area contributed by atoms with Crippen LogP contribution in [0, 0.1) is 40.4 Å². The molecule has 4 aliphatic carbocycles. The standard InChI is InChI=1S/C23H36O3/c1-21-10-8-16(24)14-15(21)4-5-17-18-6-7-20(23(3)25-12-13-26-23)22(18,2)11-9-19(17)21/h9,11,15-20,24H,4-8,10,12-14H2,1-3H3/t15-,16-,17+,18+,19+,20+,21+,22+/m1/s1. The molecule has 1 N–H and O–H groups in total. The lowest BCUT2D eigenvalue weighted by Crippen LogP contribution is -2.53. The van der Waals surface area contributed by atoms with Crippen LogP contribution in [0.2, 0.25) is 0 Å². The topological polar surface area (TPSA) is 38.7 Å². The second-order valence-electron chi connectivity index (χ2n) is 10.6. The van der Waals surface area contributed by atoms with Gasteiger partial charge >= 0.3 is 0 Å². The first-order chi connectivity index (χ1) is 12.4. The third-order valence-corrected chi connectivity index (χ3v) is 9.57. The Kier molecular flexibility index (Phi) is 3.96. The highest BCUT2D eigenvalue weighted by molar-refractivity contribution is 5.21. The molecule has 0 unspecified atom stereocenters. The molecule has 1 heterocycles. The van der Waals surface area contributed by atoms with E-state index < -0.39 is 5.79 Å². The molecular weight excluding hydrogens is 324 g/mol. The summed E-state index contributed by atoms with van der Waals surface area (Å²) in [6.45, 7) is 8.68. The molecule has 1 aliphatic heterocycles. The molecule has 0 aromatic carbocycles. The fraction of sp³-hybridized carbons (Fsp3) is 0.913. The monoisotopic (exact) mass is 360 g/mol. The number of rotatable bonds is 1. The second kappa shape index (κ2) is 5.81. The summed E-state index contributed by atoms with van der Waals surface area (Å²) in [6.07, 6.45) is 13.5. The minimum atomic E-state index is -0.392. The smallest absolute Gasteiger partial charge is 0.169 e. The fourth-order valence-electron chi connectivity index (χ4n) is 8.17. The van der Waals surface area contributed by atoms with Gasteiger partial charge in [-0.2, -0.15) is 0 Å². The highest BCUT2D eigenvalue weighted by Gasteiger charge is 2.62. The first-order valence-corrected chi connectivity index (χ1v) is 11.0. The number of hydrogen-bond acceptors (Lipinski definition) is 3. The van der Waals surface area contributed by atoms with Crippen LogP contribution in [-0.2, 0) is 9.47 Å². The Labute approximate surface area is 158 Å². The maximum absolute atomic E-state index is 10.2. The van der Waals surface area contributed by atoms with Gasteiger partial charge in [0.05, 0.1) is 19.3 Å². The molecule has 26 heavy (non-hydrogen) atoms. The van der Waals surface area contributed by atoms with E-state index >= 15 is 0 Å². The summed E-state index contributed by atoms with van der Waals surface area (Å²) in [5.41, 5.74) is 0.597. The van der Waals surface area contributed by atoms with Gasteiger partial charge in [-0.3, -0.25) is 0 Å². The molecule has 0 amide bonds.